The largest absolute Gasteiger partial charge is 0.322 e. The standard InChI is InChI=1S/C14H12ClN3O3/c1-2-9-5-3-4-6-12(9)17-14(19)11-7-10(18(20)21)8-16-13(11)15/h3-8H,2H2,1H3,(H,17,19). The molecule has 0 saturated carbocycles. The van der Waals surface area contributed by atoms with E-state index < -0.39 is 10.8 Å². The number of amides is 1. The van der Waals surface area contributed by atoms with E-state index in [1.807, 2.05) is 19.1 Å². The van der Waals surface area contributed by atoms with Crippen molar-refractivity contribution in [1.82, 2.24) is 4.98 Å². The molecule has 0 spiro atoms. The summed E-state index contributed by atoms with van der Waals surface area (Å²) in [7, 11) is 0. The van der Waals surface area contributed by atoms with Gasteiger partial charge in [0.25, 0.3) is 11.6 Å². The topological polar surface area (TPSA) is 85.1 Å². The average Bonchev–Trinajstić information content (AvgIpc) is 2.47. The number of rotatable bonds is 4. The molecule has 1 N–H and O–H groups in total. The van der Waals surface area contributed by atoms with Crippen molar-refractivity contribution >= 4 is 28.9 Å². The smallest absolute Gasteiger partial charge is 0.288 e. The van der Waals surface area contributed by atoms with Crippen LogP contribution in [0.15, 0.2) is 36.5 Å². The van der Waals surface area contributed by atoms with Gasteiger partial charge >= 0.3 is 0 Å². The van der Waals surface area contributed by atoms with E-state index in [1.54, 1.807) is 12.1 Å². The van der Waals surface area contributed by atoms with Gasteiger partial charge in [-0.2, -0.15) is 0 Å². The maximum absolute atomic E-state index is 12.2. The van der Waals surface area contributed by atoms with Gasteiger partial charge in [0.2, 0.25) is 0 Å². The molecule has 0 aliphatic carbocycles. The molecule has 6 nitrogen and oxygen atoms in total. The summed E-state index contributed by atoms with van der Waals surface area (Å²) in [5, 5.41) is 13.4. The van der Waals surface area contributed by atoms with E-state index in [1.165, 1.54) is 0 Å². The van der Waals surface area contributed by atoms with Crippen LogP contribution in [-0.4, -0.2) is 15.8 Å². The number of hydrogen-bond donors (Lipinski definition) is 1. The number of nitro groups is 1. The Hall–Kier alpha value is -2.47. The number of pyridine rings is 1. The highest BCUT2D eigenvalue weighted by Crippen LogP contribution is 2.22. The normalized spacial score (nSPS) is 10.2. The number of nitrogens with one attached hydrogen (secondary N) is 1. The SMILES string of the molecule is CCc1ccccc1NC(=O)c1cc([N+](=O)[O-])cnc1Cl. The molecule has 0 atom stereocenters. The first-order valence-corrected chi connectivity index (χ1v) is 6.60. The maximum atomic E-state index is 12.2. The molecule has 7 heteroatoms. The molecule has 0 aliphatic rings. The van der Waals surface area contributed by atoms with Gasteiger partial charge in [0.1, 0.15) is 11.3 Å². The summed E-state index contributed by atoms with van der Waals surface area (Å²) in [4.78, 5) is 26.0. The summed E-state index contributed by atoms with van der Waals surface area (Å²) in [6.07, 6.45) is 1.76. The predicted molar refractivity (Wildman–Crippen MR) is 79.7 cm³/mol. The molecule has 0 unspecified atom stereocenters. The molecule has 2 rings (SSSR count). The molecule has 1 aromatic heterocycles. The van der Waals surface area contributed by atoms with Crippen molar-refractivity contribution in [3.05, 3.63) is 62.9 Å². The lowest BCUT2D eigenvalue weighted by atomic mass is 10.1. The van der Waals surface area contributed by atoms with E-state index in [2.05, 4.69) is 10.3 Å². The maximum Gasteiger partial charge on any atom is 0.288 e. The van der Waals surface area contributed by atoms with E-state index >= 15 is 0 Å². The number of aromatic nitrogens is 1. The Kier molecular flexibility index (Phi) is 4.49. The Morgan fingerprint density at radius 3 is 2.81 bits per heavy atom. The van der Waals surface area contributed by atoms with Crippen molar-refractivity contribution in [3.8, 4) is 0 Å². The number of benzene rings is 1. The van der Waals surface area contributed by atoms with Crippen LogP contribution in [0.3, 0.4) is 0 Å². The first-order valence-electron chi connectivity index (χ1n) is 6.22. The lowest BCUT2D eigenvalue weighted by Gasteiger charge is -2.10. The van der Waals surface area contributed by atoms with Gasteiger partial charge < -0.3 is 5.32 Å². The van der Waals surface area contributed by atoms with Crippen LogP contribution < -0.4 is 5.32 Å². The summed E-state index contributed by atoms with van der Waals surface area (Å²) in [6.45, 7) is 1.97. The fourth-order valence-electron chi connectivity index (χ4n) is 1.84. The fraction of sp³-hybridized carbons (Fsp3) is 0.143. The number of hydrogen-bond acceptors (Lipinski definition) is 4. The van der Waals surface area contributed by atoms with Crippen molar-refractivity contribution in [2.45, 2.75) is 13.3 Å². The van der Waals surface area contributed by atoms with Gasteiger partial charge in [0.05, 0.1) is 10.5 Å². The minimum absolute atomic E-state index is 0.0308. The highest BCUT2D eigenvalue weighted by atomic mass is 35.5. The van der Waals surface area contributed by atoms with Crippen molar-refractivity contribution in [3.63, 3.8) is 0 Å². The van der Waals surface area contributed by atoms with Crippen LogP contribution in [0.1, 0.15) is 22.8 Å². The third kappa shape index (κ3) is 3.35. The van der Waals surface area contributed by atoms with Gasteiger partial charge in [-0.05, 0) is 18.1 Å². The Labute approximate surface area is 125 Å². The molecule has 0 saturated heterocycles. The minimum atomic E-state index is -0.625. The molecule has 0 radical (unpaired) electrons. The number of aryl methyl sites for hydroxylation is 1. The van der Waals surface area contributed by atoms with Crippen molar-refractivity contribution in [2.75, 3.05) is 5.32 Å². The number of para-hydroxylation sites is 1. The summed E-state index contributed by atoms with van der Waals surface area (Å²) >= 11 is 5.84. The van der Waals surface area contributed by atoms with Gasteiger partial charge in [-0.3, -0.25) is 14.9 Å². The Morgan fingerprint density at radius 2 is 2.14 bits per heavy atom. The monoisotopic (exact) mass is 305 g/mol. The van der Waals surface area contributed by atoms with Gasteiger partial charge in [-0.25, -0.2) is 4.98 Å². The van der Waals surface area contributed by atoms with Crippen molar-refractivity contribution in [2.24, 2.45) is 0 Å². The van der Waals surface area contributed by atoms with Gasteiger partial charge in [0.15, 0.2) is 0 Å². The molecule has 2 aromatic rings. The van der Waals surface area contributed by atoms with Gasteiger partial charge in [-0.15, -0.1) is 0 Å². The fourth-order valence-corrected chi connectivity index (χ4v) is 2.03. The first kappa shape index (κ1) is 14.9. The number of halogens is 1. The summed E-state index contributed by atoms with van der Waals surface area (Å²) in [5.41, 5.74) is 1.29. The summed E-state index contributed by atoms with van der Waals surface area (Å²) in [5.74, 6) is -0.530. The Bertz CT molecular complexity index is 704. The molecule has 1 aromatic carbocycles. The molecular formula is C14H12ClN3O3. The summed E-state index contributed by atoms with van der Waals surface area (Å²) < 4.78 is 0. The molecule has 0 bridgehead atoms. The lowest BCUT2D eigenvalue weighted by molar-refractivity contribution is -0.385. The number of nitrogens with zero attached hydrogens (tertiary/aromatic N) is 2. The Balaban J connectivity index is 2.32. The van der Waals surface area contributed by atoms with Crippen LogP contribution >= 0.6 is 11.6 Å². The second-order valence-corrected chi connectivity index (χ2v) is 4.61. The van der Waals surface area contributed by atoms with E-state index in [0.29, 0.717) is 5.69 Å². The molecular weight excluding hydrogens is 294 g/mol. The van der Waals surface area contributed by atoms with Crippen molar-refractivity contribution < 1.29 is 9.72 Å². The quantitative estimate of drug-likeness (QED) is 0.532. The highest BCUT2D eigenvalue weighted by Gasteiger charge is 2.17. The molecule has 108 valence electrons. The first-order chi connectivity index (χ1) is 10.0. The van der Waals surface area contributed by atoms with Gasteiger partial charge in [-0.1, -0.05) is 36.7 Å². The van der Waals surface area contributed by atoms with E-state index in [4.69, 9.17) is 11.6 Å². The molecule has 1 amide bonds. The number of carbonyl (C=O) groups excluding carboxylic acids is 1. The van der Waals surface area contributed by atoms with Gasteiger partial charge in [0, 0.05) is 11.8 Å². The van der Waals surface area contributed by atoms with E-state index in [0.717, 1.165) is 24.2 Å². The van der Waals surface area contributed by atoms with Crippen LogP contribution in [0, 0.1) is 10.1 Å². The van der Waals surface area contributed by atoms with Crippen LogP contribution in [0.25, 0.3) is 0 Å². The average molecular weight is 306 g/mol. The van der Waals surface area contributed by atoms with Crippen LogP contribution in [0.2, 0.25) is 5.15 Å². The third-order valence-electron chi connectivity index (χ3n) is 2.93. The zero-order valence-electron chi connectivity index (χ0n) is 11.2. The Morgan fingerprint density at radius 1 is 1.43 bits per heavy atom. The number of carbonyl (C=O) groups is 1. The second-order valence-electron chi connectivity index (χ2n) is 4.25. The van der Waals surface area contributed by atoms with Crippen LogP contribution in [-0.2, 0) is 6.42 Å². The number of anilines is 1. The predicted octanol–water partition coefficient (Wildman–Crippen LogP) is 3.46. The molecule has 0 aliphatic heterocycles. The second kappa shape index (κ2) is 6.32. The summed E-state index contributed by atoms with van der Waals surface area (Å²) in [6, 6.07) is 8.43. The van der Waals surface area contributed by atoms with Crippen LogP contribution in [0.4, 0.5) is 11.4 Å². The zero-order chi connectivity index (χ0) is 15.4. The highest BCUT2D eigenvalue weighted by molar-refractivity contribution is 6.33. The third-order valence-corrected chi connectivity index (χ3v) is 3.23. The van der Waals surface area contributed by atoms with E-state index in [-0.39, 0.29) is 16.4 Å². The molecule has 1 heterocycles. The molecule has 21 heavy (non-hydrogen) atoms. The van der Waals surface area contributed by atoms with Crippen molar-refractivity contribution in [1.29, 1.82) is 0 Å². The lowest BCUT2D eigenvalue weighted by Crippen LogP contribution is -2.14. The van der Waals surface area contributed by atoms with E-state index in [9.17, 15) is 14.9 Å². The minimum Gasteiger partial charge on any atom is -0.322 e. The zero-order valence-corrected chi connectivity index (χ0v) is 11.9. The van der Waals surface area contributed by atoms with Crippen LogP contribution in [0.5, 0.6) is 0 Å². The molecule has 0 fully saturated rings.